The van der Waals surface area contributed by atoms with E-state index in [0.29, 0.717) is 36.3 Å². The molecule has 3 aliphatic carbocycles. The molecule has 0 saturated heterocycles. The Morgan fingerprint density at radius 2 is 1.86 bits per heavy atom. The molecule has 0 spiro atoms. The lowest BCUT2D eigenvalue weighted by Crippen LogP contribution is -2.45. The van der Waals surface area contributed by atoms with E-state index in [1.807, 2.05) is 19.9 Å². The van der Waals surface area contributed by atoms with Crippen molar-refractivity contribution in [1.29, 1.82) is 0 Å². The van der Waals surface area contributed by atoms with Gasteiger partial charge in [-0.25, -0.2) is 0 Å². The highest BCUT2D eigenvalue weighted by Gasteiger charge is 2.56. The summed E-state index contributed by atoms with van der Waals surface area (Å²) in [4.78, 5) is 23.5. The molecule has 0 bridgehead atoms. The lowest BCUT2D eigenvalue weighted by Gasteiger charge is -2.50. The van der Waals surface area contributed by atoms with E-state index in [-0.39, 0.29) is 23.5 Å². The maximum absolute atomic E-state index is 11.9. The van der Waals surface area contributed by atoms with Gasteiger partial charge in [0.05, 0.1) is 0 Å². The Kier molecular flexibility index (Phi) is 5.24. The first-order valence-electron chi connectivity index (χ1n) is 11.0. The summed E-state index contributed by atoms with van der Waals surface area (Å²) < 4.78 is 11.3. The van der Waals surface area contributed by atoms with Crippen LogP contribution < -0.4 is 4.74 Å². The largest absolute Gasteiger partial charge is 0.462 e. The van der Waals surface area contributed by atoms with Gasteiger partial charge in [0, 0.05) is 18.3 Å². The van der Waals surface area contributed by atoms with Crippen molar-refractivity contribution < 1.29 is 19.1 Å². The van der Waals surface area contributed by atoms with Gasteiger partial charge in [0.15, 0.2) is 0 Å². The van der Waals surface area contributed by atoms with Crippen molar-refractivity contribution >= 4 is 11.9 Å². The number of carbonyl (C=O) groups is 2. The third-order valence-corrected chi connectivity index (χ3v) is 7.69. The van der Waals surface area contributed by atoms with Crippen molar-refractivity contribution in [3.8, 4) is 5.75 Å². The number of carbonyl (C=O) groups excluding carboxylic acids is 2. The second kappa shape index (κ2) is 7.53. The third kappa shape index (κ3) is 3.25. The standard InChI is InChI=1S/C24H32O4/c1-4-22(25)27-16-7-9-17-15(14-16)6-8-19-18(17)12-13-24(3)20(19)10-11-21(24)28-23(26)5-2/h7,9,14,18-21H,4-6,8,10-13H2,1-3H3/t18?,19?,20?,21?,24-/m0/s1. The van der Waals surface area contributed by atoms with Crippen molar-refractivity contribution in [3.05, 3.63) is 29.3 Å². The normalized spacial score (nSPS) is 33.4. The van der Waals surface area contributed by atoms with Crippen LogP contribution in [0, 0.1) is 17.3 Å². The molecule has 0 aliphatic heterocycles. The molecule has 4 unspecified atom stereocenters. The highest BCUT2D eigenvalue weighted by atomic mass is 16.5. The predicted octanol–water partition coefficient (Wildman–Crippen LogP) is 5.18. The summed E-state index contributed by atoms with van der Waals surface area (Å²) in [6.07, 6.45) is 7.61. The Labute approximate surface area is 168 Å². The van der Waals surface area contributed by atoms with E-state index < -0.39 is 0 Å². The van der Waals surface area contributed by atoms with Crippen LogP contribution >= 0.6 is 0 Å². The number of fused-ring (bicyclic) bond motifs is 5. The van der Waals surface area contributed by atoms with E-state index in [2.05, 4.69) is 19.1 Å². The highest BCUT2D eigenvalue weighted by Crippen LogP contribution is 2.61. The summed E-state index contributed by atoms with van der Waals surface area (Å²) in [5, 5.41) is 0. The first-order chi connectivity index (χ1) is 13.5. The number of hydrogen-bond acceptors (Lipinski definition) is 4. The number of benzene rings is 1. The van der Waals surface area contributed by atoms with Gasteiger partial charge in [0.25, 0.3) is 0 Å². The second-order valence-corrected chi connectivity index (χ2v) is 9.06. The number of rotatable bonds is 4. The van der Waals surface area contributed by atoms with Gasteiger partial charge in [0.1, 0.15) is 11.9 Å². The van der Waals surface area contributed by atoms with E-state index in [4.69, 9.17) is 9.47 Å². The molecule has 2 fully saturated rings. The SMILES string of the molecule is CCC(=O)Oc1ccc2c(c1)CCC1C2CC[C@]2(C)C(OC(=O)CC)CCC12. The van der Waals surface area contributed by atoms with Gasteiger partial charge < -0.3 is 9.47 Å². The minimum atomic E-state index is -0.180. The third-order valence-electron chi connectivity index (χ3n) is 7.69. The summed E-state index contributed by atoms with van der Waals surface area (Å²) in [6, 6.07) is 6.23. The van der Waals surface area contributed by atoms with Gasteiger partial charge in [-0.05, 0) is 79.5 Å². The lowest BCUT2D eigenvalue weighted by atomic mass is 9.55. The van der Waals surface area contributed by atoms with Crippen LogP contribution in [0.2, 0.25) is 0 Å². The summed E-state index contributed by atoms with van der Waals surface area (Å²) in [5.74, 6) is 2.32. The molecule has 0 aromatic heterocycles. The molecule has 4 heteroatoms. The molecule has 152 valence electrons. The van der Waals surface area contributed by atoms with Crippen LogP contribution in [-0.4, -0.2) is 18.0 Å². The van der Waals surface area contributed by atoms with Crippen LogP contribution in [0.1, 0.15) is 82.8 Å². The molecule has 5 atom stereocenters. The Morgan fingerprint density at radius 3 is 2.61 bits per heavy atom. The predicted molar refractivity (Wildman–Crippen MR) is 107 cm³/mol. The quantitative estimate of drug-likeness (QED) is 0.530. The Bertz CT molecular complexity index is 770. The molecule has 0 amide bonds. The smallest absolute Gasteiger partial charge is 0.310 e. The fourth-order valence-electron chi connectivity index (χ4n) is 6.21. The number of aryl methyl sites for hydroxylation is 1. The first-order valence-corrected chi connectivity index (χ1v) is 11.0. The molecule has 3 aliphatic rings. The minimum Gasteiger partial charge on any atom is -0.462 e. The fraction of sp³-hybridized carbons (Fsp3) is 0.667. The van der Waals surface area contributed by atoms with Gasteiger partial charge in [-0.3, -0.25) is 9.59 Å². The van der Waals surface area contributed by atoms with Crippen LogP contribution in [0.4, 0.5) is 0 Å². The Hall–Kier alpha value is -1.84. The minimum absolute atomic E-state index is 0.0582. The average Bonchev–Trinajstić information content (AvgIpc) is 3.03. The number of esters is 2. The Balaban J connectivity index is 1.54. The van der Waals surface area contributed by atoms with Gasteiger partial charge >= 0.3 is 11.9 Å². The average molecular weight is 385 g/mol. The van der Waals surface area contributed by atoms with Crippen molar-refractivity contribution in [2.45, 2.75) is 84.2 Å². The fourth-order valence-corrected chi connectivity index (χ4v) is 6.21. The molecule has 4 rings (SSSR count). The van der Waals surface area contributed by atoms with Gasteiger partial charge in [-0.15, -0.1) is 0 Å². The summed E-state index contributed by atoms with van der Waals surface area (Å²) in [6.45, 7) is 6.05. The van der Waals surface area contributed by atoms with Crippen LogP contribution in [0.5, 0.6) is 5.75 Å². The zero-order valence-corrected chi connectivity index (χ0v) is 17.3. The molecule has 0 N–H and O–H groups in total. The summed E-state index contributed by atoms with van der Waals surface area (Å²) >= 11 is 0. The molecule has 28 heavy (non-hydrogen) atoms. The van der Waals surface area contributed by atoms with E-state index >= 15 is 0 Å². The molecular formula is C24H32O4. The van der Waals surface area contributed by atoms with E-state index in [0.717, 1.165) is 25.7 Å². The van der Waals surface area contributed by atoms with Gasteiger partial charge in [0.2, 0.25) is 0 Å². The molecular weight excluding hydrogens is 352 g/mol. The van der Waals surface area contributed by atoms with Gasteiger partial charge in [-0.2, -0.15) is 0 Å². The molecule has 1 aromatic rings. The van der Waals surface area contributed by atoms with E-state index in [1.54, 1.807) is 0 Å². The Morgan fingerprint density at radius 1 is 1.07 bits per heavy atom. The van der Waals surface area contributed by atoms with Crippen LogP contribution in [0.15, 0.2) is 18.2 Å². The van der Waals surface area contributed by atoms with E-state index in [9.17, 15) is 9.59 Å². The monoisotopic (exact) mass is 384 g/mol. The number of hydrogen-bond donors (Lipinski definition) is 0. The maximum atomic E-state index is 11.9. The molecule has 4 nitrogen and oxygen atoms in total. The molecule has 2 saturated carbocycles. The summed E-state index contributed by atoms with van der Waals surface area (Å²) in [7, 11) is 0. The number of ether oxygens (including phenoxy) is 2. The van der Waals surface area contributed by atoms with E-state index in [1.165, 1.54) is 24.0 Å². The van der Waals surface area contributed by atoms with Crippen LogP contribution in [-0.2, 0) is 20.7 Å². The van der Waals surface area contributed by atoms with Crippen molar-refractivity contribution in [2.75, 3.05) is 0 Å². The van der Waals surface area contributed by atoms with Crippen molar-refractivity contribution in [1.82, 2.24) is 0 Å². The van der Waals surface area contributed by atoms with Gasteiger partial charge in [-0.1, -0.05) is 26.8 Å². The van der Waals surface area contributed by atoms with Crippen molar-refractivity contribution in [3.63, 3.8) is 0 Å². The molecule has 0 heterocycles. The highest BCUT2D eigenvalue weighted by molar-refractivity contribution is 5.72. The maximum Gasteiger partial charge on any atom is 0.310 e. The molecule has 1 aromatic carbocycles. The lowest BCUT2D eigenvalue weighted by molar-refractivity contribution is -0.157. The zero-order valence-electron chi connectivity index (χ0n) is 17.3. The second-order valence-electron chi connectivity index (χ2n) is 9.06. The molecule has 0 radical (unpaired) electrons. The topological polar surface area (TPSA) is 52.6 Å². The van der Waals surface area contributed by atoms with Crippen molar-refractivity contribution in [2.24, 2.45) is 17.3 Å². The van der Waals surface area contributed by atoms with Crippen LogP contribution in [0.25, 0.3) is 0 Å². The summed E-state index contributed by atoms with van der Waals surface area (Å²) in [5.41, 5.74) is 2.92. The first kappa shape index (κ1) is 19.5. The zero-order chi connectivity index (χ0) is 19.9. The van der Waals surface area contributed by atoms with Crippen LogP contribution in [0.3, 0.4) is 0 Å².